The Labute approximate surface area is 168 Å². The Morgan fingerprint density at radius 3 is 2.66 bits per heavy atom. The van der Waals surface area contributed by atoms with Crippen molar-refractivity contribution in [2.45, 2.75) is 39.2 Å². The number of aromatic amines is 1. The van der Waals surface area contributed by atoms with Crippen LogP contribution >= 0.6 is 0 Å². The van der Waals surface area contributed by atoms with Crippen LogP contribution in [0.5, 0.6) is 5.75 Å². The number of nitrogens with zero attached hydrogens (tertiary/aromatic N) is 1. The van der Waals surface area contributed by atoms with E-state index < -0.39 is 22.8 Å². The lowest BCUT2D eigenvalue weighted by atomic mass is 9.88. The third kappa shape index (κ3) is 3.11. The monoisotopic (exact) mass is 395 g/mol. The molecule has 0 aliphatic heterocycles. The number of carboxylic acids is 1. The molecule has 0 bridgehead atoms. The Hall–Kier alpha value is -3.06. The molecule has 7 heteroatoms. The highest BCUT2D eigenvalue weighted by Crippen LogP contribution is 2.38. The predicted octanol–water partition coefficient (Wildman–Crippen LogP) is 2.93. The number of aryl methyl sites for hydroxylation is 2. The van der Waals surface area contributed by atoms with Crippen LogP contribution in [0.2, 0.25) is 0 Å². The van der Waals surface area contributed by atoms with Gasteiger partial charge in [-0.1, -0.05) is 13.0 Å². The fourth-order valence-corrected chi connectivity index (χ4v) is 4.35. The van der Waals surface area contributed by atoms with Gasteiger partial charge in [-0.25, -0.2) is 4.79 Å². The van der Waals surface area contributed by atoms with Crippen molar-refractivity contribution < 1.29 is 15.0 Å². The second kappa shape index (κ2) is 7.40. The molecule has 0 saturated carbocycles. The molecule has 0 fully saturated rings. The molecule has 0 spiro atoms. The summed E-state index contributed by atoms with van der Waals surface area (Å²) in [5.41, 5.74) is 3.96. The van der Waals surface area contributed by atoms with Crippen molar-refractivity contribution in [2.24, 2.45) is 7.05 Å². The number of aromatic hydroxyl groups is 1. The molecule has 0 amide bonds. The molecule has 3 aromatic rings. The van der Waals surface area contributed by atoms with Crippen molar-refractivity contribution in [3.05, 3.63) is 50.9 Å². The molecule has 1 aromatic carbocycles. The zero-order chi connectivity index (χ0) is 20.7. The minimum Gasteiger partial charge on any atom is -0.506 e. The van der Waals surface area contributed by atoms with Gasteiger partial charge in [0.25, 0.3) is 5.56 Å². The van der Waals surface area contributed by atoms with Gasteiger partial charge in [0, 0.05) is 41.3 Å². The van der Waals surface area contributed by atoms with Gasteiger partial charge in [0.05, 0.1) is 5.69 Å². The molecular formula is C22H25N3O4. The van der Waals surface area contributed by atoms with Gasteiger partial charge in [-0.3, -0.25) is 4.79 Å². The highest BCUT2D eigenvalue weighted by Gasteiger charge is 2.25. The predicted molar refractivity (Wildman–Crippen MR) is 112 cm³/mol. The molecule has 0 atom stereocenters. The normalized spacial score (nSPS) is 13.6. The van der Waals surface area contributed by atoms with E-state index in [9.17, 15) is 19.8 Å². The Kier molecular flexibility index (Phi) is 4.92. The van der Waals surface area contributed by atoms with E-state index in [1.54, 1.807) is 0 Å². The first kappa shape index (κ1) is 19.3. The Morgan fingerprint density at radius 2 is 1.97 bits per heavy atom. The molecule has 1 aliphatic carbocycles. The van der Waals surface area contributed by atoms with E-state index in [1.165, 1.54) is 5.69 Å². The summed E-state index contributed by atoms with van der Waals surface area (Å²) >= 11 is 0. The number of fused-ring (bicyclic) bond motifs is 5. The third-order valence-electron chi connectivity index (χ3n) is 5.87. The summed E-state index contributed by atoms with van der Waals surface area (Å²) in [7, 11) is 2.05. The fourth-order valence-electron chi connectivity index (χ4n) is 4.35. The van der Waals surface area contributed by atoms with Crippen LogP contribution in [0, 0.1) is 0 Å². The van der Waals surface area contributed by atoms with Crippen LogP contribution in [0.25, 0.3) is 22.2 Å². The van der Waals surface area contributed by atoms with Crippen LogP contribution in [-0.4, -0.2) is 32.3 Å². The number of rotatable bonds is 4. The molecule has 1 aliphatic rings. The number of pyridine rings is 1. The van der Waals surface area contributed by atoms with Crippen LogP contribution < -0.4 is 10.9 Å². The zero-order valence-electron chi connectivity index (χ0n) is 16.6. The standard InChI is InChI=1S/C22H25N3O4/c1-3-23-11-12-10-16-13-6-4-5-7-15-19(14(13)8-9-17(16)25(12)2)24-21(27)18(20(15)26)22(28)29/h8-10,23H,3-7,11H2,1-2H3,(H,28,29)(H2,24,26,27). The van der Waals surface area contributed by atoms with Gasteiger partial charge >= 0.3 is 5.97 Å². The molecule has 0 saturated heterocycles. The quantitative estimate of drug-likeness (QED) is 0.543. The van der Waals surface area contributed by atoms with E-state index in [1.807, 2.05) is 19.2 Å². The molecule has 2 heterocycles. The maximum Gasteiger partial charge on any atom is 0.345 e. The maximum atomic E-state index is 12.4. The van der Waals surface area contributed by atoms with Crippen molar-refractivity contribution in [2.75, 3.05) is 6.54 Å². The van der Waals surface area contributed by atoms with Gasteiger partial charge in [0.15, 0.2) is 5.56 Å². The minimum absolute atomic E-state index is 0.412. The summed E-state index contributed by atoms with van der Waals surface area (Å²) in [6.07, 6.45) is 3.11. The molecule has 0 radical (unpaired) electrons. The first-order chi connectivity index (χ1) is 13.9. The van der Waals surface area contributed by atoms with Crippen LogP contribution in [0.1, 0.15) is 46.9 Å². The van der Waals surface area contributed by atoms with E-state index in [0.717, 1.165) is 54.4 Å². The van der Waals surface area contributed by atoms with Gasteiger partial charge in [-0.15, -0.1) is 0 Å². The molecule has 7 nitrogen and oxygen atoms in total. The van der Waals surface area contributed by atoms with Crippen molar-refractivity contribution in [3.8, 4) is 17.0 Å². The van der Waals surface area contributed by atoms with E-state index in [2.05, 4.69) is 27.9 Å². The third-order valence-corrected chi connectivity index (χ3v) is 5.87. The summed E-state index contributed by atoms with van der Waals surface area (Å²) in [5, 5.41) is 24.4. The van der Waals surface area contributed by atoms with Crippen molar-refractivity contribution in [1.29, 1.82) is 0 Å². The number of aromatic carboxylic acids is 1. The van der Waals surface area contributed by atoms with Crippen molar-refractivity contribution >= 4 is 16.9 Å². The first-order valence-corrected chi connectivity index (χ1v) is 9.96. The van der Waals surface area contributed by atoms with Crippen LogP contribution in [-0.2, 0) is 26.4 Å². The molecule has 2 aromatic heterocycles. The van der Waals surface area contributed by atoms with Crippen LogP contribution in [0.4, 0.5) is 0 Å². The van der Waals surface area contributed by atoms with Crippen LogP contribution in [0.3, 0.4) is 0 Å². The second-order valence-corrected chi connectivity index (χ2v) is 7.54. The largest absolute Gasteiger partial charge is 0.506 e. The Morgan fingerprint density at radius 1 is 1.24 bits per heavy atom. The average molecular weight is 395 g/mol. The number of benzene rings is 1. The fraction of sp³-hybridized carbons (Fsp3) is 0.364. The summed E-state index contributed by atoms with van der Waals surface area (Å²) in [4.78, 5) is 26.6. The lowest BCUT2D eigenvalue weighted by molar-refractivity contribution is 0.0691. The lowest BCUT2D eigenvalue weighted by Crippen LogP contribution is -2.21. The van der Waals surface area contributed by atoms with E-state index in [4.69, 9.17) is 0 Å². The summed E-state index contributed by atoms with van der Waals surface area (Å²) in [6, 6.07) is 6.17. The minimum atomic E-state index is -1.42. The average Bonchev–Trinajstić information content (AvgIpc) is 2.98. The summed E-state index contributed by atoms with van der Waals surface area (Å²) < 4.78 is 2.17. The van der Waals surface area contributed by atoms with E-state index in [-0.39, 0.29) is 0 Å². The first-order valence-electron chi connectivity index (χ1n) is 9.96. The van der Waals surface area contributed by atoms with E-state index >= 15 is 0 Å². The number of H-pyrrole nitrogens is 1. The van der Waals surface area contributed by atoms with Gasteiger partial charge in [-0.05, 0) is 49.9 Å². The van der Waals surface area contributed by atoms with Gasteiger partial charge in [0.1, 0.15) is 5.75 Å². The molecule has 0 unspecified atom stereocenters. The van der Waals surface area contributed by atoms with Crippen molar-refractivity contribution in [1.82, 2.24) is 14.9 Å². The van der Waals surface area contributed by atoms with Gasteiger partial charge in [0.2, 0.25) is 0 Å². The number of hydrogen-bond donors (Lipinski definition) is 4. The van der Waals surface area contributed by atoms with Gasteiger partial charge < -0.3 is 25.1 Å². The maximum absolute atomic E-state index is 12.4. The smallest absolute Gasteiger partial charge is 0.345 e. The second-order valence-electron chi connectivity index (χ2n) is 7.54. The van der Waals surface area contributed by atoms with Crippen molar-refractivity contribution in [3.63, 3.8) is 0 Å². The number of nitrogens with one attached hydrogen (secondary N) is 2. The molecular weight excluding hydrogens is 370 g/mol. The SMILES string of the molecule is CCNCc1cc2c3c(ccc2n1C)-c1[nH]c(=O)c(C(=O)O)c(O)c1CCCC3. The van der Waals surface area contributed by atoms with Crippen LogP contribution in [0.15, 0.2) is 23.0 Å². The Balaban J connectivity index is 1.99. The zero-order valence-corrected chi connectivity index (χ0v) is 16.6. The molecule has 4 N–H and O–H groups in total. The highest BCUT2D eigenvalue weighted by molar-refractivity contribution is 5.94. The molecule has 152 valence electrons. The summed E-state index contributed by atoms with van der Waals surface area (Å²) in [5.74, 6) is -1.83. The topological polar surface area (TPSA) is 107 Å². The molecule has 29 heavy (non-hydrogen) atoms. The number of aromatic nitrogens is 2. The highest BCUT2D eigenvalue weighted by atomic mass is 16.4. The lowest BCUT2D eigenvalue weighted by Gasteiger charge is -2.20. The number of carbonyl (C=O) groups is 1. The Bertz CT molecular complexity index is 1170. The molecule has 4 rings (SSSR count). The number of hydrogen-bond acceptors (Lipinski definition) is 4. The van der Waals surface area contributed by atoms with E-state index in [0.29, 0.717) is 17.7 Å². The summed E-state index contributed by atoms with van der Waals surface area (Å²) in [6.45, 7) is 3.73. The number of carboxylic acid groups (broad SMARTS) is 1. The van der Waals surface area contributed by atoms with Gasteiger partial charge in [-0.2, -0.15) is 0 Å².